The first-order valence-electron chi connectivity index (χ1n) is 10.7. The number of anilines is 1. The van der Waals surface area contributed by atoms with Crippen molar-refractivity contribution in [3.63, 3.8) is 0 Å². The highest BCUT2D eigenvalue weighted by molar-refractivity contribution is 6.08. The average molecular weight is 453 g/mol. The van der Waals surface area contributed by atoms with Crippen molar-refractivity contribution in [3.05, 3.63) is 48.0 Å². The second-order valence-electron chi connectivity index (χ2n) is 7.54. The van der Waals surface area contributed by atoms with Gasteiger partial charge in [0, 0.05) is 12.7 Å². The molecule has 3 aromatic rings. The van der Waals surface area contributed by atoms with E-state index in [0.717, 1.165) is 5.52 Å². The van der Waals surface area contributed by atoms with Crippen LogP contribution in [0.4, 0.5) is 5.95 Å². The van der Waals surface area contributed by atoms with Crippen molar-refractivity contribution in [2.75, 3.05) is 46.0 Å². The summed E-state index contributed by atoms with van der Waals surface area (Å²) in [5.74, 6) is -0.612. The summed E-state index contributed by atoms with van der Waals surface area (Å²) in [6.45, 7) is 2.40. The minimum atomic E-state index is -1.15. The maximum atomic E-state index is 13.8. The van der Waals surface area contributed by atoms with E-state index in [2.05, 4.69) is 0 Å². The van der Waals surface area contributed by atoms with Gasteiger partial charge in [-0.1, -0.05) is 12.1 Å². The summed E-state index contributed by atoms with van der Waals surface area (Å²) in [5, 5.41) is 0. The van der Waals surface area contributed by atoms with Crippen LogP contribution in [0, 0.1) is 5.92 Å². The Morgan fingerprint density at radius 2 is 1.88 bits per heavy atom. The highest BCUT2D eigenvalue weighted by Gasteiger charge is 2.48. The molecule has 0 N–H and O–H groups in total. The molecule has 174 valence electrons. The standard InChI is InChI=1S/C24H27N3O6/c1-5-33-23(29)20-21(16-14-15(31-3)10-11-19(16)32-4)27-18-9-7-6-8-17(18)25-24(27)26(22(20)28)12-13-30-2/h6-11,14,20-21H,5,12-13H2,1-4H3/t20-,21+/m0/s1. The van der Waals surface area contributed by atoms with Gasteiger partial charge in [-0.15, -0.1) is 0 Å². The molecular weight excluding hydrogens is 426 g/mol. The Hall–Kier alpha value is -3.59. The van der Waals surface area contributed by atoms with Gasteiger partial charge in [-0.3, -0.25) is 14.5 Å². The summed E-state index contributed by atoms with van der Waals surface area (Å²) in [6, 6.07) is 12.1. The Labute approximate surface area is 191 Å². The van der Waals surface area contributed by atoms with Crippen LogP contribution in [0.15, 0.2) is 42.5 Å². The lowest BCUT2D eigenvalue weighted by Crippen LogP contribution is -2.51. The molecule has 0 fully saturated rings. The van der Waals surface area contributed by atoms with E-state index in [1.165, 1.54) is 4.90 Å². The molecule has 0 spiro atoms. The zero-order chi connectivity index (χ0) is 23.5. The molecule has 4 rings (SSSR count). The lowest BCUT2D eigenvalue weighted by molar-refractivity contribution is -0.153. The van der Waals surface area contributed by atoms with Gasteiger partial charge in [-0.05, 0) is 37.3 Å². The van der Waals surface area contributed by atoms with Crippen LogP contribution in [0.1, 0.15) is 18.5 Å². The normalized spacial score (nSPS) is 17.7. The van der Waals surface area contributed by atoms with E-state index in [9.17, 15) is 9.59 Å². The van der Waals surface area contributed by atoms with Crippen LogP contribution in [0.5, 0.6) is 11.5 Å². The van der Waals surface area contributed by atoms with Crippen LogP contribution < -0.4 is 14.4 Å². The lowest BCUT2D eigenvalue weighted by Gasteiger charge is -2.38. The maximum Gasteiger partial charge on any atom is 0.321 e. The summed E-state index contributed by atoms with van der Waals surface area (Å²) in [4.78, 5) is 33.2. The van der Waals surface area contributed by atoms with Crippen LogP contribution in [0.3, 0.4) is 0 Å². The highest BCUT2D eigenvalue weighted by atomic mass is 16.5. The number of para-hydroxylation sites is 2. The fourth-order valence-corrected chi connectivity index (χ4v) is 4.29. The molecule has 2 atom stereocenters. The molecule has 1 aromatic heterocycles. The van der Waals surface area contributed by atoms with Crippen molar-refractivity contribution in [2.45, 2.75) is 13.0 Å². The summed E-state index contributed by atoms with van der Waals surface area (Å²) in [7, 11) is 4.67. The van der Waals surface area contributed by atoms with Crippen molar-refractivity contribution >= 4 is 28.9 Å². The third-order valence-corrected chi connectivity index (χ3v) is 5.76. The van der Waals surface area contributed by atoms with E-state index in [1.807, 2.05) is 28.8 Å². The molecule has 0 aliphatic carbocycles. The average Bonchev–Trinajstić information content (AvgIpc) is 3.21. The highest BCUT2D eigenvalue weighted by Crippen LogP contribution is 2.44. The quantitative estimate of drug-likeness (QED) is 0.383. The zero-order valence-electron chi connectivity index (χ0n) is 19.1. The largest absolute Gasteiger partial charge is 0.497 e. The minimum absolute atomic E-state index is 0.153. The fourth-order valence-electron chi connectivity index (χ4n) is 4.29. The molecular formula is C24H27N3O6. The van der Waals surface area contributed by atoms with Crippen LogP contribution in [0.2, 0.25) is 0 Å². The van der Waals surface area contributed by atoms with Crippen LogP contribution >= 0.6 is 0 Å². The first-order chi connectivity index (χ1) is 16.0. The van der Waals surface area contributed by atoms with E-state index in [4.69, 9.17) is 23.9 Å². The zero-order valence-corrected chi connectivity index (χ0v) is 19.1. The second-order valence-corrected chi connectivity index (χ2v) is 7.54. The topological polar surface area (TPSA) is 92.1 Å². The summed E-state index contributed by atoms with van der Waals surface area (Å²) in [6.07, 6.45) is 0. The summed E-state index contributed by atoms with van der Waals surface area (Å²) in [5.41, 5.74) is 2.12. The van der Waals surface area contributed by atoms with E-state index in [-0.39, 0.29) is 19.8 Å². The molecule has 0 radical (unpaired) electrons. The van der Waals surface area contributed by atoms with Crippen molar-refractivity contribution in [3.8, 4) is 11.5 Å². The number of nitrogens with zero attached hydrogens (tertiary/aromatic N) is 3. The number of rotatable bonds is 8. The smallest absolute Gasteiger partial charge is 0.321 e. The molecule has 9 heteroatoms. The predicted octanol–water partition coefficient (Wildman–Crippen LogP) is 2.82. The third kappa shape index (κ3) is 3.89. The van der Waals surface area contributed by atoms with Gasteiger partial charge in [0.2, 0.25) is 11.9 Å². The van der Waals surface area contributed by atoms with Crippen molar-refractivity contribution in [1.82, 2.24) is 9.55 Å². The monoisotopic (exact) mass is 453 g/mol. The Kier molecular flexibility index (Phi) is 6.50. The van der Waals surface area contributed by atoms with Gasteiger partial charge >= 0.3 is 5.97 Å². The van der Waals surface area contributed by atoms with Gasteiger partial charge in [-0.25, -0.2) is 4.98 Å². The first kappa shape index (κ1) is 22.6. The molecule has 2 heterocycles. The van der Waals surface area contributed by atoms with E-state index in [0.29, 0.717) is 28.5 Å². The van der Waals surface area contributed by atoms with Gasteiger partial charge in [0.1, 0.15) is 11.5 Å². The van der Waals surface area contributed by atoms with Crippen LogP contribution in [0.25, 0.3) is 11.0 Å². The van der Waals surface area contributed by atoms with Crippen LogP contribution in [-0.4, -0.2) is 62.5 Å². The molecule has 1 aliphatic heterocycles. The van der Waals surface area contributed by atoms with Crippen molar-refractivity contribution in [2.24, 2.45) is 5.92 Å². The maximum absolute atomic E-state index is 13.8. The summed E-state index contributed by atoms with van der Waals surface area (Å²) >= 11 is 0. The SMILES string of the molecule is CCOC(=O)[C@@H]1C(=O)N(CCOC)c2nc3ccccc3n2[C@@H]1c1cc(OC)ccc1OC. The number of hydrogen-bond acceptors (Lipinski definition) is 7. The number of hydrogen-bond donors (Lipinski definition) is 0. The Morgan fingerprint density at radius 3 is 2.58 bits per heavy atom. The number of esters is 1. The lowest BCUT2D eigenvalue weighted by atomic mass is 9.88. The number of benzene rings is 2. The molecule has 2 aromatic carbocycles. The number of imidazole rings is 1. The number of amides is 1. The molecule has 0 saturated carbocycles. The molecule has 0 saturated heterocycles. The van der Waals surface area contributed by atoms with Crippen LogP contribution in [-0.2, 0) is 19.1 Å². The number of aromatic nitrogens is 2. The number of fused-ring (bicyclic) bond motifs is 3. The Morgan fingerprint density at radius 1 is 1.09 bits per heavy atom. The van der Waals surface area contributed by atoms with E-state index in [1.54, 1.807) is 46.5 Å². The minimum Gasteiger partial charge on any atom is -0.497 e. The van der Waals surface area contributed by atoms with Gasteiger partial charge in [0.25, 0.3) is 0 Å². The Bertz CT molecular complexity index is 1170. The number of methoxy groups -OCH3 is 3. The number of carbonyl (C=O) groups is 2. The second kappa shape index (κ2) is 9.50. The number of carbonyl (C=O) groups excluding carboxylic acids is 2. The van der Waals surface area contributed by atoms with Gasteiger partial charge in [0.05, 0.1) is 51.1 Å². The number of ether oxygens (including phenoxy) is 4. The van der Waals surface area contributed by atoms with E-state index >= 15 is 0 Å². The summed E-state index contributed by atoms with van der Waals surface area (Å²) < 4.78 is 23.6. The van der Waals surface area contributed by atoms with E-state index < -0.39 is 23.8 Å². The van der Waals surface area contributed by atoms with Crippen molar-refractivity contribution < 1.29 is 28.5 Å². The Balaban J connectivity index is 2.03. The molecule has 9 nitrogen and oxygen atoms in total. The van der Waals surface area contributed by atoms with Crippen molar-refractivity contribution in [1.29, 1.82) is 0 Å². The molecule has 0 unspecified atom stereocenters. The predicted molar refractivity (Wildman–Crippen MR) is 122 cm³/mol. The van der Waals surface area contributed by atoms with Gasteiger partial charge < -0.3 is 23.5 Å². The molecule has 1 aliphatic rings. The molecule has 1 amide bonds. The van der Waals surface area contributed by atoms with Gasteiger partial charge in [0.15, 0.2) is 5.92 Å². The third-order valence-electron chi connectivity index (χ3n) is 5.76. The fraction of sp³-hybridized carbons (Fsp3) is 0.375. The van der Waals surface area contributed by atoms with Gasteiger partial charge in [-0.2, -0.15) is 0 Å². The molecule has 0 bridgehead atoms. The molecule has 33 heavy (non-hydrogen) atoms. The first-order valence-corrected chi connectivity index (χ1v) is 10.7.